The Labute approximate surface area is 94.4 Å². The van der Waals surface area contributed by atoms with Crippen molar-refractivity contribution in [2.75, 3.05) is 0 Å². The smallest absolute Gasteiger partial charge is 0.128 e. The third-order valence-electron chi connectivity index (χ3n) is 2.04. The molecule has 0 radical (unpaired) electrons. The van der Waals surface area contributed by atoms with Gasteiger partial charge in [-0.1, -0.05) is 6.08 Å². The summed E-state index contributed by atoms with van der Waals surface area (Å²) in [7, 11) is 0. The quantitative estimate of drug-likeness (QED) is 0.793. The highest BCUT2D eigenvalue weighted by Crippen LogP contribution is 2.20. The third-order valence-corrected chi connectivity index (χ3v) is 2.04. The molecule has 84 valence electrons. The standard InChI is InChI=1S/C11H13F2N.ClH/c1-2-3-4-11(14)9-7-8(12)5-6-10(9)13;/h2,5-7,11H,1,3-4,14H2;1H/t11-;/m1./s1. The lowest BCUT2D eigenvalue weighted by Gasteiger charge is -2.11. The van der Waals surface area contributed by atoms with Gasteiger partial charge in [0.2, 0.25) is 0 Å². The van der Waals surface area contributed by atoms with E-state index in [9.17, 15) is 8.78 Å². The highest BCUT2D eigenvalue weighted by atomic mass is 35.5. The summed E-state index contributed by atoms with van der Waals surface area (Å²) >= 11 is 0. The lowest BCUT2D eigenvalue weighted by atomic mass is 10.0. The Morgan fingerprint density at radius 1 is 1.40 bits per heavy atom. The van der Waals surface area contributed by atoms with Crippen LogP contribution < -0.4 is 5.73 Å². The molecule has 1 nitrogen and oxygen atoms in total. The third kappa shape index (κ3) is 3.98. The van der Waals surface area contributed by atoms with Gasteiger partial charge in [0.05, 0.1) is 0 Å². The van der Waals surface area contributed by atoms with Crippen molar-refractivity contribution in [2.45, 2.75) is 18.9 Å². The first kappa shape index (κ1) is 14.1. The highest BCUT2D eigenvalue weighted by Gasteiger charge is 2.11. The van der Waals surface area contributed by atoms with Crippen molar-refractivity contribution < 1.29 is 8.78 Å². The Morgan fingerprint density at radius 3 is 2.67 bits per heavy atom. The molecular weight excluding hydrogens is 220 g/mol. The predicted octanol–water partition coefficient (Wildman–Crippen LogP) is 3.35. The number of benzene rings is 1. The summed E-state index contributed by atoms with van der Waals surface area (Å²) in [5, 5.41) is 0. The Morgan fingerprint density at radius 2 is 2.07 bits per heavy atom. The van der Waals surface area contributed by atoms with E-state index in [1.807, 2.05) is 0 Å². The molecule has 0 aliphatic rings. The molecule has 0 saturated carbocycles. The first-order valence-corrected chi connectivity index (χ1v) is 4.46. The molecule has 0 fully saturated rings. The maximum Gasteiger partial charge on any atom is 0.128 e. The van der Waals surface area contributed by atoms with Crippen LogP contribution in [0.3, 0.4) is 0 Å². The summed E-state index contributed by atoms with van der Waals surface area (Å²) in [5.41, 5.74) is 5.92. The van der Waals surface area contributed by atoms with Gasteiger partial charge >= 0.3 is 0 Å². The van der Waals surface area contributed by atoms with Crippen LogP contribution in [0.15, 0.2) is 30.9 Å². The molecule has 1 atom stereocenters. The Balaban J connectivity index is 0.00000196. The van der Waals surface area contributed by atoms with Gasteiger partial charge in [0.15, 0.2) is 0 Å². The number of hydrogen-bond acceptors (Lipinski definition) is 1. The largest absolute Gasteiger partial charge is 0.324 e. The minimum Gasteiger partial charge on any atom is -0.324 e. The molecule has 1 aromatic carbocycles. The summed E-state index contributed by atoms with van der Waals surface area (Å²) in [5.74, 6) is -0.918. The van der Waals surface area contributed by atoms with Crippen LogP contribution in [0.2, 0.25) is 0 Å². The molecule has 2 N–H and O–H groups in total. The lowest BCUT2D eigenvalue weighted by Crippen LogP contribution is -2.12. The van der Waals surface area contributed by atoms with Gasteiger partial charge in [0.1, 0.15) is 11.6 Å². The minimum absolute atomic E-state index is 0. The maximum absolute atomic E-state index is 13.2. The Bertz CT molecular complexity index is 328. The second kappa shape index (κ2) is 6.53. The van der Waals surface area contributed by atoms with E-state index < -0.39 is 17.7 Å². The molecule has 0 amide bonds. The van der Waals surface area contributed by atoms with Crippen LogP contribution in [0.4, 0.5) is 8.78 Å². The van der Waals surface area contributed by atoms with Crippen LogP contribution >= 0.6 is 12.4 Å². The van der Waals surface area contributed by atoms with Gasteiger partial charge in [0, 0.05) is 11.6 Å². The zero-order valence-electron chi connectivity index (χ0n) is 8.25. The van der Waals surface area contributed by atoms with Crippen molar-refractivity contribution in [3.63, 3.8) is 0 Å². The first-order valence-electron chi connectivity index (χ1n) is 4.46. The van der Waals surface area contributed by atoms with E-state index >= 15 is 0 Å². The minimum atomic E-state index is -0.469. The van der Waals surface area contributed by atoms with Crippen LogP contribution in [0.1, 0.15) is 24.4 Å². The SMILES string of the molecule is C=CCC[C@@H](N)c1cc(F)ccc1F.Cl. The monoisotopic (exact) mass is 233 g/mol. The van der Waals surface area contributed by atoms with Gasteiger partial charge in [0.25, 0.3) is 0 Å². The fourth-order valence-corrected chi connectivity index (χ4v) is 1.25. The van der Waals surface area contributed by atoms with E-state index in [2.05, 4.69) is 6.58 Å². The van der Waals surface area contributed by atoms with Crippen molar-refractivity contribution in [3.05, 3.63) is 48.1 Å². The van der Waals surface area contributed by atoms with Gasteiger partial charge in [-0.2, -0.15) is 0 Å². The maximum atomic E-state index is 13.2. The zero-order valence-corrected chi connectivity index (χ0v) is 9.07. The second-order valence-corrected chi connectivity index (χ2v) is 3.14. The lowest BCUT2D eigenvalue weighted by molar-refractivity contribution is 0.550. The number of halogens is 3. The van der Waals surface area contributed by atoms with Crippen LogP contribution in [-0.2, 0) is 0 Å². The number of rotatable bonds is 4. The summed E-state index contributed by atoms with van der Waals surface area (Å²) in [6.45, 7) is 3.54. The summed E-state index contributed by atoms with van der Waals surface area (Å²) in [4.78, 5) is 0. The highest BCUT2D eigenvalue weighted by molar-refractivity contribution is 5.85. The summed E-state index contributed by atoms with van der Waals surface area (Å²) in [6.07, 6.45) is 2.97. The van der Waals surface area contributed by atoms with Gasteiger partial charge in [-0.3, -0.25) is 0 Å². The van der Waals surface area contributed by atoms with Gasteiger partial charge in [-0.15, -0.1) is 19.0 Å². The van der Waals surface area contributed by atoms with E-state index in [4.69, 9.17) is 5.73 Å². The molecule has 0 aromatic heterocycles. The van der Waals surface area contributed by atoms with Crippen molar-refractivity contribution in [2.24, 2.45) is 5.73 Å². The van der Waals surface area contributed by atoms with E-state index in [1.54, 1.807) is 6.08 Å². The Hall–Kier alpha value is -0.930. The van der Waals surface area contributed by atoms with Gasteiger partial charge in [-0.25, -0.2) is 8.78 Å². The summed E-state index contributed by atoms with van der Waals surface area (Å²) in [6, 6.07) is 2.85. The molecular formula is C11H14ClF2N. The Kier molecular flexibility index (Phi) is 6.13. The molecule has 0 unspecified atom stereocenters. The molecule has 0 bridgehead atoms. The average Bonchev–Trinajstić information content (AvgIpc) is 2.18. The first-order chi connectivity index (χ1) is 6.65. The topological polar surface area (TPSA) is 26.0 Å². The van der Waals surface area contributed by atoms with Crippen molar-refractivity contribution in [1.82, 2.24) is 0 Å². The molecule has 0 aliphatic heterocycles. The fourth-order valence-electron chi connectivity index (χ4n) is 1.25. The second-order valence-electron chi connectivity index (χ2n) is 3.14. The van der Waals surface area contributed by atoms with Gasteiger partial charge in [-0.05, 0) is 31.0 Å². The zero-order chi connectivity index (χ0) is 10.6. The van der Waals surface area contributed by atoms with E-state index in [0.717, 1.165) is 18.2 Å². The van der Waals surface area contributed by atoms with Gasteiger partial charge < -0.3 is 5.73 Å². The predicted molar refractivity (Wildman–Crippen MR) is 60.0 cm³/mol. The summed E-state index contributed by atoms with van der Waals surface area (Å²) < 4.78 is 26.0. The van der Waals surface area contributed by atoms with E-state index in [1.165, 1.54) is 0 Å². The molecule has 0 spiro atoms. The van der Waals surface area contributed by atoms with Crippen LogP contribution in [-0.4, -0.2) is 0 Å². The van der Waals surface area contributed by atoms with Crippen molar-refractivity contribution in [1.29, 1.82) is 0 Å². The molecule has 0 aliphatic carbocycles. The number of nitrogens with two attached hydrogens (primary N) is 1. The molecule has 0 heterocycles. The van der Waals surface area contributed by atoms with E-state index in [-0.39, 0.29) is 18.0 Å². The normalized spacial score (nSPS) is 11.7. The number of hydrogen-bond donors (Lipinski definition) is 1. The van der Waals surface area contributed by atoms with Crippen molar-refractivity contribution in [3.8, 4) is 0 Å². The molecule has 1 rings (SSSR count). The van der Waals surface area contributed by atoms with Crippen LogP contribution in [0.25, 0.3) is 0 Å². The molecule has 0 saturated heterocycles. The number of allylic oxidation sites excluding steroid dienone is 1. The fraction of sp³-hybridized carbons (Fsp3) is 0.273. The van der Waals surface area contributed by atoms with Crippen LogP contribution in [0.5, 0.6) is 0 Å². The average molecular weight is 234 g/mol. The van der Waals surface area contributed by atoms with Crippen LogP contribution in [0, 0.1) is 11.6 Å². The molecule has 1 aromatic rings. The van der Waals surface area contributed by atoms with E-state index in [0.29, 0.717) is 12.8 Å². The molecule has 15 heavy (non-hydrogen) atoms. The molecule has 4 heteroatoms. The van der Waals surface area contributed by atoms with Crippen molar-refractivity contribution >= 4 is 12.4 Å².